The van der Waals surface area contributed by atoms with Crippen molar-refractivity contribution < 1.29 is 0 Å². The maximum atomic E-state index is 5.93. The van der Waals surface area contributed by atoms with Gasteiger partial charge in [0.25, 0.3) is 0 Å². The standard InChI is InChI=1S/C14H22BrNS/c1-2-10-3-4-11(9-16)12(7-10)8-13-5-6-14(15)17-13/h5-6,10-12H,2-4,7-9,16H2,1H3. The first-order valence-corrected chi connectivity index (χ1v) is 8.28. The molecule has 3 atom stereocenters. The molecule has 2 N–H and O–H groups in total. The number of hydrogen-bond acceptors (Lipinski definition) is 2. The monoisotopic (exact) mass is 315 g/mol. The van der Waals surface area contributed by atoms with Crippen LogP contribution in [0.25, 0.3) is 0 Å². The second kappa shape index (κ2) is 6.35. The predicted molar refractivity (Wildman–Crippen MR) is 79.4 cm³/mol. The van der Waals surface area contributed by atoms with E-state index in [-0.39, 0.29) is 0 Å². The third-order valence-electron chi connectivity index (χ3n) is 4.22. The molecule has 1 aliphatic carbocycles. The molecule has 0 bridgehead atoms. The van der Waals surface area contributed by atoms with E-state index in [0.717, 1.165) is 24.3 Å². The summed E-state index contributed by atoms with van der Waals surface area (Å²) in [5.41, 5.74) is 5.93. The zero-order valence-electron chi connectivity index (χ0n) is 10.5. The van der Waals surface area contributed by atoms with Crippen molar-refractivity contribution in [3.05, 3.63) is 20.8 Å². The Morgan fingerprint density at radius 1 is 1.35 bits per heavy atom. The number of nitrogens with two attached hydrogens (primary N) is 1. The van der Waals surface area contributed by atoms with E-state index in [1.807, 2.05) is 11.3 Å². The zero-order chi connectivity index (χ0) is 12.3. The highest BCUT2D eigenvalue weighted by Gasteiger charge is 2.29. The van der Waals surface area contributed by atoms with Crippen LogP contribution in [0.2, 0.25) is 0 Å². The molecule has 0 spiro atoms. The Hall–Kier alpha value is 0.140. The molecule has 1 aromatic heterocycles. The lowest BCUT2D eigenvalue weighted by molar-refractivity contribution is 0.180. The maximum absolute atomic E-state index is 5.93. The molecule has 3 unspecified atom stereocenters. The van der Waals surface area contributed by atoms with Gasteiger partial charge in [0.2, 0.25) is 0 Å². The Labute approximate surface area is 117 Å². The van der Waals surface area contributed by atoms with Crippen LogP contribution in [0.1, 0.15) is 37.5 Å². The van der Waals surface area contributed by atoms with Gasteiger partial charge in [-0.1, -0.05) is 19.8 Å². The molecule has 1 heterocycles. The number of thiophene rings is 1. The van der Waals surface area contributed by atoms with Crippen LogP contribution in [-0.4, -0.2) is 6.54 Å². The fourth-order valence-corrected chi connectivity index (χ4v) is 4.65. The third-order valence-corrected chi connectivity index (χ3v) is 5.87. The van der Waals surface area contributed by atoms with E-state index in [1.165, 1.54) is 40.8 Å². The molecule has 96 valence electrons. The summed E-state index contributed by atoms with van der Waals surface area (Å²) in [6.45, 7) is 3.19. The largest absolute Gasteiger partial charge is 0.330 e. The molecule has 3 heteroatoms. The average Bonchev–Trinajstić information content (AvgIpc) is 2.74. The van der Waals surface area contributed by atoms with Crippen molar-refractivity contribution in [1.29, 1.82) is 0 Å². The van der Waals surface area contributed by atoms with Crippen molar-refractivity contribution in [1.82, 2.24) is 0 Å². The van der Waals surface area contributed by atoms with Gasteiger partial charge in [0, 0.05) is 4.88 Å². The van der Waals surface area contributed by atoms with Gasteiger partial charge in [0.05, 0.1) is 3.79 Å². The van der Waals surface area contributed by atoms with Crippen LogP contribution in [0.3, 0.4) is 0 Å². The molecule has 1 aliphatic rings. The van der Waals surface area contributed by atoms with E-state index in [9.17, 15) is 0 Å². The number of hydrogen-bond donors (Lipinski definition) is 1. The van der Waals surface area contributed by atoms with Gasteiger partial charge in [0.1, 0.15) is 0 Å². The molecule has 0 radical (unpaired) electrons. The molecule has 1 saturated carbocycles. The fraction of sp³-hybridized carbons (Fsp3) is 0.714. The Bertz CT molecular complexity index is 350. The van der Waals surface area contributed by atoms with Crippen molar-refractivity contribution in [2.75, 3.05) is 6.54 Å². The summed E-state index contributed by atoms with van der Waals surface area (Å²) in [6, 6.07) is 4.43. The second-order valence-corrected chi connectivity index (χ2v) is 7.80. The van der Waals surface area contributed by atoms with Crippen LogP contribution >= 0.6 is 27.3 Å². The Morgan fingerprint density at radius 3 is 2.76 bits per heavy atom. The number of rotatable bonds is 4. The molecule has 1 nitrogen and oxygen atoms in total. The van der Waals surface area contributed by atoms with Gasteiger partial charge < -0.3 is 5.73 Å². The Morgan fingerprint density at radius 2 is 2.18 bits per heavy atom. The van der Waals surface area contributed by atoms with E-state index in [1.54, 1.807) is 0 Å². The van der Waals surface area contributed by atoms with E-state index in [2.05, 4.69) is 35.0 Å². The molecular formula is C14H22BrNS. The smallest absolute Gasteiger partial charge is 0.0701 e. The van der Waals surface area contributed by atoms with E-state index < -0.39 is 0 Å². The molecule has 17 heavy (non-hydrogen) atoms. The summed E-state index contributed by atoms with van der Waals surface area (Å²) in [6.07, 6.45) is 6.68. The quantitative estimate of drug-likeness (QED) is 0.872. The molecule has 0 saturated heterocycles. The normalized spacial score (nSPS) is 29.5. The van der Waals surface area contributed by atoms with Gasteiger partial charge >= 0.3 is 0 Å². The highest BCUT2D eigenvalue weighted by atomic mass is 79.9. The summed E-state index contributed by atoms with van der Waals surface area (Å²) >= 11 is 5.43. The van der Waals surface area contributed by atoms with E-state index in [0.29, 0.717) is 0 Å². The van der Waals surface area contributed by atoms with Crippen LogP contribution in [0, 0.1) is 17.8 Å². The minimum absolute atomic E-state index is 0.749. The van der Waals surface area contributed by atoms with Crippen molar-refractivity contribution in [3.63, 3.8) is 0 Å². The van der Waals surface area contributed by atoms with Gasteiger partial charge in [-0.25, -0.2) is 0 Å². The summed E-state index contributed by atoms with van der Waals surface area (Å²) in [5.74, 6) is 2.49. The van der Waals surface area contributed by atoms with E-state index in [4.69, 9.17) is 5.73 Å². The summed E-state index contributed by atoms with van der Waals surface area (Å²) in [5, 5.41) is 0. The number of halogens is 1. The topological polar surface area (TPSA) is 26.0 Å². The zero-order valence-corrected chi connectivity index (χ0v) is 12.9. The molecule has 0 aromatic carbocycles. The minimum atomic E-state index is 0.749. The lowest BCUT2D eigenvalue weighted by atomic mass is 9.72. The van der Waals surface area contributed by atoms with Crippen molar-refractivity contribution in [3.8, 4) is 0 Å². The summed E-state index contributed by atoms with van der Waals surface area (Å²) < 4.78 is 1.25. The highest BCUT2D eigenvalue weighted by molar-refractivity contribution is 9.11. The lowest BCUT2D eigenvalue weighted by Gasteiger charge is -2.35. The SMILES string of the molecule is CCC1CCC(CN)C(Cc2ccc(Br)s2)C1. The highest BCUT2D eigenvalue weighted by Crippen LogP contribution is 2.38. The first kappa shape index (κ1) is 13.6. The van der Waals surface area contributed by atoms with Crippen LogP contribution in [-0.2, 0) is 6.42 Å². The maximum Gasteiger partial charge on any atom is 0.0701 e. The minimum Gasteiger partial charge on any atom is -0.330 e. The van der Waals surface area contributed by atoms with Crippen LogP contribution in [0.15, 0.2) is 15.9 Å². The van der Waals surface area contributed by atoms with Crippen molar-refractivity contribution in [2.45, 2.75) is 39.0 Å². The summed E-state index contributed by atoms with van der Waals surface area (Å²) in [4.78, 5) is 1.51. The van der Waals surface area contributed by atoms with Gasteiger partial charge in [-0.3, -0.25) is 0 Å². The Kier molecular flexibility index (Phi) is 5.07. The fourth-order valence-electron chi connectivity index (χ4n) is 3.07. The molecule has 1 aromatic rings. The second-order valence-electron chi connectivity index (χ2n) is 5.25. The molecule has 2 rings (SSSR count). The Balaban J connectivity index is 2.00. The third kappa shape index (κ3) is 3.55. The van der Waals surface area contributed by atoms with Gasteiger partial charge in [0.15, 0.2) is 0 Å². The van der Waals surface area contributed by atoms with E-state index >= 15 is 0 Å². The van der Waals surface area contributed by atoms with Crippen molar-refractivity contribution >= 4 is 27.3 Å². The van der Waals surface area contributed by atoms with Gasteiger partial charge in [-0.15, -0.1) is 11.3 Å². The van der Waals surface area contributed by atoms with Crippen molar-refractivity contribution in [2.24, 2.45) is 23.5 Å². The first-order valence-electron chi connectivity index (χ1n) is 6.67. The molecule has 0 aliphatic heterocycles. The molecule has 0 amide bonds. The molecular weight excluding hydrogens is 294 g/mol. The average molecular weight is 316 g/mol. The van der Waals surface area contributed by atoms with Gasteiger partial charge in [-0.2, -0.15) is 0 Å². The summed E-state index contributed by atoms with van der Waals surface area (Å²) in [7, 11) is 0. The molecule has 1 fully saturated rings. The van der Waals surface area contributed by atoms with Crippen LogP contribution in [0.4, 0.5) is 0 Å². The first-order chi connectivity index (χ1) is 8.22. The van der Waals surface area contributed by atoms with Gasteiger partial charge in [-0.05, 0) is 71.6 Å². The van der Waals surface area contributed by atoms with Crippen LogP contribution < -0.4 is 5.73 Å². The van der Waals surface area contributed by atoms with Crippen LogP contribution in [0.5, 0.6) is 0 Å². The lowest BCUT2D eigenvalue weighted by Crippen LogP contribution is -2.31. The predicted octanol–water partition coefficient (Wildman–Crippen LogP) is 4.45.